The lowest BCUT2D eigenvalue weighted by Crippen LogP contribution is -2.37. The van der Waals surface area contributed by atoms with Crippen molar-refractivity contribution in [2.24, 2.45) is 0 Å². The van der Waals surface area contributed by atoms with Crippen molar-refractivity contribution in [2.45, 2.75) is 59.2 Å². The van der Waals surface area contributed by atoms with Crippen LogP contribution in [0.5, 0.6) is 0 Å². The SMILES string of the molecule is Cc1ccc(CN(C)C(=O)NCc2nnc3n2CCCCC3)c(C)c1. The third-order valence-corrected chi connectivity index (χ3v) is 4.84. The molecule has 2 amide bonds. The van der Waals surface area contributed by atoms with Crippen molar-refractivity contribution >= 4 is 6.03 Å². The van der Waals surface area contributed by atoms with Crippen molar-refractivity contribution in [3.63, 3.8) is 0 Å². The smallest absolute Gasteiger partial charge is 0.317 e. The molecule has 0 bridgehead atoms. The van der Waals surface area contributed by atoms with Gasteiger partial charge in [-0.2, -0.15) is 0 Å². The molecule has 2 heterocycles. The molecule has 25 heavy (non-hydrogen) atoms. The zero-order chi connectivity index (χ0) is 17.8. The van der Waals surface area contributed by atoms with Gasteiger partial charge in [0.15, 0.2) is 5.82 Å². The average Bonchev–Trinajstić information content (AvgIpc) is 2.81. The van der Waals surface area contributed by atoms with E-state index in [4.69, 9.17) is 0 Å². The number of aromatic nitrogens is 3. The quantitative estimate of drug-likeness (QED) is 0.930. The second-order valence-electron chi connectivity index (χ2n) is 6.94. The van der Waals surface area contributed by atoms with Crippen molar-refractivity contribution in [3.8, 4) is 0 Å². The van der Waals surface area contributed by atoms with Crippen molar-refractivity contribution in [1.82, 2.24) is 25.0 Å². The summed E-state index contributed by atoms with van der Waals surface area (Å²) in [4.78, 5) is 14.1. The van der Waals surface area contributed by atoms with Gasteiger partial charge in [0.1, 0.15) is 5.82 Å². The summed E-state index contributed by atoms with van der Waals surface area (Å²) in [7, 11) is 1.82. The van der Waals surface area contributed by atoms with Crippen molar-refractivity contribution in [3.05, 3.63) is 46.5 Å². The summed E-state index contributed by atoms with van der Waals surface area (Å²) in [6, 6.07) is 6.23. The van der Waals surface area contributed by atoms with Crippen LogP contribution in [-0.2, 0) is 26.1 Å². The molecular formula is C19H27N5O. The fraction of sp³-hybridized carbons (Fsp3) is 0.526. The number of benzene rings is 1. The fourth-order valence-corrected chi connectivity index (χ4v) is 3.32. The lowest BCUT2D eigenvalue weighted by atomic mass is 10.1. The molecule has 0 saturated heterocycles. The van der Waals surface area contributed by atoms with Crippen LogP contribution in [0.15, 0.2) is 18.2 Å². The Balaban J connectivity index is 1.58. The molecule has 1 N–H and O–H groups in total. The molecule has 3 rings (SSSR count). The molecule has 0 spiro atoms. The van der Waals surface area contributed by atoms with Crippen LogP contribution < -0.4 is 5.32 Å². The van der Waals surface area contributed by atoms with Crippen LogP contribution >= 0.6 is 0 Å². The Morgan fingerprint density at radius 2 is 2.08 bits per heavy atom. The van der Waals surface area contributed by atoms with E-state index in [1.54, 1.807) is 4.90 Å². The number of nitrogens with zero attached hydrogens (tertiary/aromatic N) is 4. The van der Waals surface area contributed by atoms with Gasteiger partial charge >= 0.3 is 6.03 Å². The maximum atomic E-state index is 12.4. The van der Waals surface area contributed by atoms with E-state index in [1.165, 1.54) is 29.5 Å². The van der Waals surface area contributed by atoms with Gasteiger partial charge in [-0.25, -0.2) is 4.79 Å². The molecular weight excluding hydrogens is 314 g/mol. The van der Waals surface area contributed by atoms with Crippen LogP contribution in [-0.4, -0.2) is 32.7 Å². The lowest BCUT2D eigenvalue weighted by Gasteiger charge is -2.19. The van der Waals surface area contributed by atoms with E-state index < -0.39 is 0 Å². The Bertz CT molecular complexity index is 752. The normalized spacial score (nSPS) is 13.9. The van der Waals surface area contributed by atoms with Crippen molar-refractivity contribution in [1.29, 1.82) is 0 Å². The van der Waals surface area contributed by atoms with Gasteiger partial charge in [-0.1, -0.05) is 30.2 Å². The van der Waals surface area contributed by atoms with Crippen molar-refractivity contribution in [2.75, 3.05) is 7.05 Å². The first kappa shape index (κ1) is 17.5. The molecule has 0 aliphatic carbocycles. The molecule has 2 aromatic rings. The highest BCUT2D eigenvalue weighted by molar-refractivity contribution is 5.73. The van der Waals surface area contributed by atoms with E-state index in [2.05, 4.69) is 52.1 Å². The van der Waals surface area contributed by atoms with Crippen LogP contribution in [0.1, 0.15) is 47.6 Å². The minimum atomic E-state index is -0.0917. The third kappa shape index (κ3) is 4.18. The van der Waals surface area contributed by atoms with E-state index in [0.29, 0.717) is 13.1 Å². The second kappa shape index (κ2) is 7.68. The third-order valence-electron chi connectivity index (χ3n) is 4.84. The molecule has 0 atom stereocenters. The minimum absolute atomic E-state index is 0.0917. The van der Waals surface area contributed by atoms with Gasteiger partial charge in [0.05, 0.1) is 6.54 Å². The number of hydrogen-bond donors (Lipinski definition) is 1. The summed E-state index contributed by atoms with van der Waals surface area (Å²) >= 11 is 0. The summed E-state index contributed by atoms with van der Waals surface area (Å²) in [5, 5.41) is 11.5. The number of aryl methyl sites for hydroxylation is 3. The number of nitrogens with one attached hydrogen (secondary N) is 1. The number of hydrogen-bond acceptors (Lipinski definition) is 3. The van der Waals surface area contributed by atoms with Crippen LogP contribution in [0.3, 0.4) is 0 Å². The zero-order valence-electron chi connectivity index (χ0n) is 15.4. The van der Waals surface area contributed by atoms with Gasteiger partial charge in [-0.15, -0.1) is 10.2 Å². The lowest BCUT2D eigenvalue weighted by molar-refractivity contribution is 0.206. The number of fused-ring (bicyclic) bond motifs is 1. The highest BCUT2D eigenvalue weighted by Crippen LogP contribution is 2.15. The zero-order valence-corrected chi connectivity index (χ0v) is 15.4. The summed E-state index contributed by atoms with van der Waals surface area (Å²) in [6.07, 6.45) is 4.53. The topological polar surface area (TPSA) is 63.1 Å². The van der Waals surface area contributed by atoms with Gasteiger partial charge in [0.2, 0.25) is 0 Å². The Labute approximate surface area is 149 Å². The Morgan fingerprint density at radius 3 is 2.88 bits per heavy atom. The monoisotopic (exact) mass is 341 g/mol. The molecule has 134 valence electrons. The number of urea groups is 1. The van der Waals surface area contributed by atoms with Crippen LogP contribution in [0.4, 0.5) is 4.79 Å². The van der Waals surface area contributed by atoms with Gasteiger partial charge in [0.25, 0.3) is 0 Å². The predicted molar refractivity (Wildman–Crippen MR) is 97.2 cm³/mol. The van der Waals surface area contributed by atoms with Gasteiger partial charge in [-0.05, 0) is 37.8 Å². The Hall–Kier alpha value is -2.37. The molecule has 6 heteroatoms. The van der Waals surface area contributed by atoms with Gasteiger partial charge in [0, 0.05) is 26.6 Å². The predicted octanol–water partition coefficient (Wildman–Crippen LogP) is 2.96. The molecule has 1 aromatic heterocycles. The molecule has 0 saturated carbocycles. The van der Waals surface area contributed by atoms with Gasteiger partial charge in [-0.3, -0.25) is 0 Å². The molecule has 0 radical (unpaired) electrons. The van der Waals surface area contributed by atoms with E-state index in [0.717, 1.165) is 31.0 Å². The molecule has 0 unspecified atom stereocenters. The summed E-state index contributed by atoms with van der Waals surface area (Å²) in [5.74, 6) is 1.90. The van der Waals surface area contributed by atoms with Crippen LogP contribution in [0, 0.1) is 13.8 Å². The minimum Gasteiger partial charge on any atom is -0.331 e. The highest BCUT2D eigenvalue weighted by Gasteiger charge is 2.16. The molecule has 6 nitrogen and oxygen atoms in total. The summed E-state index contributed by atoms with van der Waals surface area (Å²) < 4.78 is 2.16. The number of carbonyl (C=O) groups is 1. The largest absolute Gasteiger partial charge is 0.331 e. The number of rotatable bonds is 4. The maximum absolute atomic E-state index is 12.4. The molecule has 0 fully saturated rings. The van der Waals surface area contributed by atoms with Crippen molar-refractivity contribution < 1.29 is 4.79 Å². The van der Waals surface area contributed by atoms with E-state index in [9.17, 15) is 4.79 Å². The first-order chi connectivity index (χ1) is 12.0. The molecule has 1 aliphatic rings. The maximum Gasteiger partial charge on any atom is 0.317 e. The van der Waals surface area contributed by atoms with E-state index >= 15 is 0 Å². The summed E-state index contributed by atoms with van der Waals surface area (Å²) in [6.45, 7) is 6.12. The summed E-state index contributed by atoms with van der Waals surface area (Å²) in [5.41, 5.74) is 3.61. The highest BCUT2D eigenvalue weighted by atomic mass is 16.2. The Kier molecular flexibility index (Phi) is 5.36. The van der Waals surface area contributed by atoms with E-state index in [-0.39, 0.29) is 6.03 Å². The molecule has 1 aliphatic heterocycles. The number of amides is 2. The fourth-order valence-electron chi connectivity index (χ4n) is 3.32. The molecule has 1 aromatic carbocycles. The van der Waals surface area contributed by atoms with Gasteiger partial charge < -0.3 is 14.8 Å². The number of carbonyl (C=O) groups excluding carboxylic acids is 1. The standard InChI is InChI=1S/C19H27N5O/c1-14-8-9-16(15(2)11-14)13-23(3)19(25)20-12-18-22-21-17-7-5-4-6-10-24(17)18/h8-9,11H,4-7,10,12-13H2,1-3H3,(H,20,25). The first-order valence-electron chi connectivity index (χ1n) is 9.00. The second-order valence-corrected chi connectivity index (χ2v) is 6.94. The average molecular weight is 341 g/mol. The van der Waals surface area contributed by atoms with E-state index in [1.807, 2.05) is 7.05 Å². The van der Waals surface area contributed by atoms with Crippen LogP contribution in [0.25, 0.3) is 0 Å². The van der Waals surface area contributed by atoms with Crippen LogP contribution in [0.2, 0.25) is 0 Å². The Morgan fingerprint density at radius 1 is 1.24 bits per heavy atom. The first-order valence-corrected chi connectivity index (χ1v) is 9.00.